The van der Waals surface area contributed by atoms with E-state index in [1.165, 1.54) is 37.1 Å². The summed E-state index contributed by atoms with van der Waals surface area (Å²) in [4.78, 5) is 27.9. The van der Waals surface area contributed by atoms with Crippen LogP contribution in [0.15, 0.2) is 48.6 Å². The first-order valence-electron chi connectivity index (χ1n) is 10.5. The average Bonchev–Trinajstić information content (AvgIpc) is 3.31. The van der Waals surface area contributed by atoms with Gasteiger partial charge in [-0.1, -0.05) is 12.1 Å². The average molecular weight is 481 g/mol. The van der Waals surface area contributed by atoms with Gasteiger partial charge in [-0.25, -0.2) is 0 Å². The molecule has 0 N–H and O–H groups in total. The van der Waals surface area contributed by atoms with Gasteiger partial charge in [0.05, 0.1) is 7.11 Å². The lowest BCUT2D eigenvalue weighted by atomic mass is 10.0. The van der Waals surface area contributed by atoms with Crippen LogP contribution in [0.4, 0.5) is 0 Å². The molecule has 0 unspecified atom stereocenters. The number of allylic oxidation sites excluding steroid dienone is 1. The van der Waals surface area contributed by atoms with Crippen LogP contribution >= 0.6 is 12.2 Å². The number of ether oxygens (including phenoxy) is 4. The Morgan fingerprint density at radius 1 is 1.09 bits per heavy atom. The predicted octanol–water partition coefficient (Wildman–Crippen LogP) is 3.33. The number of thiocarbonyl (C=S) groups is 1. The van der Waals surface area contributed by atoms with Crippen LogP contribution < -0.4 is 18.9 Å². The van der Waals surface area contributed by atoms with Crippen molar-refractivity contribution < 1.29 is 28.5 Å². The molecule has 34 heavy (non-hydrogen) atoms. The molecule has 1 fully saturated rings. The van der Waals surface area contributed by atoms with E-state index >= 15 is 0 Å². The van der Waals surface area contributed by atoms with Gasteiger partial charge in [-0.05, 0) is 60.1 Å². The molecule has 0 bridgehead atoms. The van der Waals surface area contributed by atoms with Gasteiger partial charge in [-0.2, -0.15) is 0 Å². The summed E-state index contributed by atoms with van der Waals surface area (Å²) in [6, 6.07) is 9.19. The first-order chi connectivity index (χ1) is 16.3. The first-order valence-corrected chi connectivity index (χ1v) is 10.9. The molecule has 2 heterocycles. The van der Waals surface area contributed by atoms with Crippen LogP contribution in [-0.4, -0.2) is 54.7 Å². The van der Waals surface area contributed by atoms with Crippen molar-refractivity contribution in [2.24, 2.45) is 0 Å². The molecule has 8 nitrogen and oxygen atoms in total. The molecule has 0 atom stereocenters. The molecular weight excluding hydrogens is 456 g/mol. The lowest BCUT2D eigenvalue weighted by Crippen LogP contribution is -2.52. The van der Waals surface area contributed by atoms with Crippen molar-refractivity contribution in [3.8, 4) is 23.0 Å². The number of hydrogen-bond donors (Lipinski definition) is 0. The van der Waals surface area contributed by atoms with Crippen LogP contribution in [0.5, 0.6) is 23.0 Å². The van der Waals surface area contributed by atoms with Crippen LogP contribution in [0.2, 0.25) is 0 Å². The number of fused-ring (bicyclic) bond motifs is 1. The second kappa shape index (κ2) is 9.56. The minimum Gasteiger partial charge on any atom is -0.493 e. The Morgan fingerprint density at radius 3 is 2.47 bits per heavy atom. The van der Waals surface area contributed by atoms with Crippen LogP contribution in [0, 0.1) is 0 Å². The van der Waals surface area contributed by atoms with Gasteiger partial charge in [0, 0.05) is 19.7 Å². The fourth-order valence-corrected chi connectivity index (χ4v) is 3.88. The molecule has 0 aromatic heterocycles. The summed E-state index contributed by atoms with van der Waals surface area (Å²) < 4.78 is 22.5. The molecule has 1 saturated heterocycles. The van der Waals surface area contributed by atoms with Crippen molar-refractivity contribution in [2.45, 2.75) is 13.0 Å². The number of benzene rings is 2. The van der Waals surface area contributed by atoms with E-state index in [9.17, 15) is 9.59 Å². The van der Waals surface area contributed by atoms with Gasteiger partial charge in [-0.3, -0.25) is 19.4 Å². The Hall–Kier alpha value is -3.85. The third-order valence-corrected chi connectivity index (χ3v) is 6.06. The molecule has 0 spiro atoms. The van der Waals surface area contributed by atoms with E-state index in [4.69, 9.17) is 31.2 Å². The molecule has 2 aliphatic heterocycles. The maximum Gasteiger partial charge on any atom is 0.265 e. The zero-order chi connectivity index (χ0) is 24.4. The lowest BCUT2D eigenvalue weighted by molar-refractivity contribution is -0.132. The normalized spacial score (nSPS) is 15.0. The third-order valence-electron chi connectivity index (χ3n) is 5.51. The Balaban J connectivity index is 1.66. The summed E-state index contributed by atoms with van der Waals surface area (Å²) >= 11 is 5.15. The Kier molecular flexibility index (Phi) is 6.56. The minimum atomic E-state index is -0.458. The zero-order valence-corrected chi connectivity index (χ0v) is 19.9. The molecule has 2 aromatic carbocycles. The van der Waals surface area contributed by atoms with Crippen molar-refractivity contribution in [1.82, 2.24) is 9.80 Å². The number of amides is 2. The monoisotopic (exact) mass is 480 g/mol. The number of nitrogens with zero attached hydrogens (tertiary/aromatic N) is 2. The van der Waals surface area contributed by atoms with Crippen molar-refractivity contribution in [2.75, 3.05) is 28.0 Å². The standard InChI is InChI=1S/C25H24N2O6S/c1-5-6-17-9-16(10-18-23(28)26(2)25(34)27(3)24(18)29)12-21(30-4)22(17)31-13-15-7-8-19-20(11-15)33-14-32-19/h5,7-12H,1,6,13-14H2,2-4H3. The van der Waals surface area contributed by atoms with E-state index in [1.807, 2.05) is 24.3 Å². The van der Waals surface area contributed by atoms with Crippen molar-refractivity contribution >= 4 is 35.2 Å². The molecular formula is C25H24N2O6S. The molecule has 2 aromatic rings. The van der Waals surface area contributed by atoms with Crippen LogP contribution in [-0.2, 0) is 22.6 Å². The summed E-state index contributed by atoms with van der Waals surface area (Å²) in [5.74, 6) is 1.49. The largest absolute Gasteiger partial charge is 0.493 e. The van der Waals surface area contributed by atoms with Gasteiger partial charge < -0.3 is 18.9 Å². The molecule has 9 heteroatoms. The highest BCUT2D eigenvalue weighted by Crippen LogP contribution is 2.37. The van der Waals surface area contributed by atoms with E-state index in [0.717, 1.165) is 11.1 Å². The van der Waals surface area contributed by atoms with Crippen LogP contribution in [0.25, 0.3) is 6.08 Å². The van der Waals surface area contributed by atoms with Gasteiger partial charge >= 0.3 is 0 Å². The van der Waals surface area contributed by atoms with Crippen LogP contribution in [0.3, 0.4) is 0 Å². The second-order valence-corrected chi connectivity index (χ2v) is 8.11. The number of methoxy groups -OCH3 is 1. The number of carbonyl (C=O) groups excluding carboxylic acids is 2. The van der Waals surface area contributed by atoms with E-state index in [2.05, 4.69) is 6.58 Å². The fourth-order valence-electron chi connectivity index (χ4n) is 3.72. The van der Waals surface area contributed by atoms with E-state index in [1.54, 1.807) is 12.1 Å². The van der Waals surface area contributed by atoms with E-state index in [-0.39, 0.29) is 24.1 Å². The summed E-state index contributed by atoms with van der Waals surface area (Å²) in [6.45, 7) is 4.31. The first kappa shape index (κ1) is 23.3. The Labute approximate surface area is 202 Å². The maximum atomic E-state index is 12.7. The fraction of sp³-hybridized carbons (Fsp3) is 0.240. The highest BCUT2D eigenvalue weighted by molar-refractivity contribution is 7.80. The molecule has 0 radical (unpaired) electrons. The van der Waals surface area contributed by atoms with Gasteiger partial charge in [0.1, 0.15) is 12.2 Å². The molecule has 2 amide bonds. The summed E-state index contributed by atoms with van der Waals surface area (Å²) in [5.41, 5.74) is 2.34. The predicted molar refractivity (Wildman–Crippen MR) is 130 cm³/mol. The van der Waals surface area contributed by atoms with Gasteiger partial charge in [0.25, 0.3) is 11.8 Å². The highest BCUT2D eigenvalue weighted by Gasteiger charge is 2.35. The molecule has 4 rings (SSSR count). The van der Waals surface area contributed by atoms with Crippen molar-refractivity contribution in [3.63, 3.8) is 0 Å². The zero-order valence-electron chi connectivity index (χ0n) is 19.1. The summed E-state index contributed by atoms with van der Waals surface area (Å²) in [7, 11) is 4.62. The highest BCUT2D eigenvalue weighted by atomic mass is 32.1. The van der Waals surface area contributed by atoms with Crippen molar-refractivity contribution in [1.29, 1.82) is 0 Å². The summed E-state index contributed by atoms with van der Waals surface area (Å²) in [6.07, 6.45) is 3.78. The molecule has 176 valence electrons. The topological polar surface area (TPSA) is 77.5 Å². The smallest absolute Gasteiger partial charge is 0.265 e. The van der Waals surface area contributed by atoms with Crippen molar-refractivity contribution in [3.05, 3.63) is 65.3 Å². The number of hydrogen-bond acceptors (Lipinski definition) is 7. The minimum absolute atomic E-state index is 0.0132. The van der Waals surface area contributed by atoms with Gasteiger partial charge in [0.15, 0.2) is 28.1 Å². The van der Waals surface area contributed by atoms with E-state index in [0.29, 0.717) is 35.0 Å². The maximum absolute atomic E-state index is 12.7. The molecule has 2 aliphatic rings. The number of rotatable bonds is 7. The van der Waals surface area contributed by atoms with Crippen LogP contribution in [0.1, 0.15) is 16.7 Å². The van der Waals surface area contributed by atoms with Gasteiger partial charge in [-0.15, -0.1) is 6.58 Å². The Bertz CT molecular complexity index is 1200. The second-order valence-electron chi connectivity index (χ2n) is 7.75. The lowest BCUT2D eigenvalue weighted by Gasteiger charge is -2.31. The SMILES string of the molecule is C=CCc1cc(C=C2C(=O)N(C)C(=S)N(C)C2=O)cc(OC)c1OCc1ccc2c(c1)OCO2. The summed E-state index contributed by atoms with van der Waals surface area (Å²) in [5, 5.41) is 0.157. The van der Waals surface area contributed by atoms with E-state index < -0.39 is 11.8 Å². The quantitative estimate of drug-likeness (QED) is 0.260. The Morgan fingerprint density at radius 2 is 1.79 bits per heavy atom. The number of carbonyl (C=O) groups is 2. The van der Waals surface area contributed by atoms with Gasteiger partial charge in [0.2, 0.25) is 6.79 Å². The number of likely N-dealkylation sites (N-methyl/N-ethyl adjacent to an activating group) is 2. The molecule has 0 aliphatic carbocycles. The third kappa shape index (κ3) is 4.34. The molecule has 0 saturated carbocycles.